The molecule has 3 rings (SSSR count). The van der Waals surface area contributed by atoms with E-state index in [0.29, 0.717) is 24.3 Å². The zero-order valence-corrected chi connectivity index (χ0v) is 15.3. The minimum Gasteiger partial charge on any atom is -0.486 e. The molecule has 0 saturated heterocycles. The molecule has 0 radical (unpaired) electrons. The number of thioether (sulfide) groups is 1. The van der Waals surface area contributed by atoms with Gasteiger partial charge in [-0.25, -0.2) is 4.98 Å². The van der Waals surface area contributed by atoms with E-state index < -0.39 is 11.7 Å². The van der Waals surface area contributed by atoms with Crippen LogP contribution in [0.25, 0.3) is 0 Å². The molecule has 1 amide bonds. The lowest BCUT2D eigenvalue weighted by Gasteiger charge is -2.26. The lowest BCUT2D eigenvalue weighted by Crippen LogP contribution is -2.41. The fourth-order valence-electron chi connectivity index (χ4n) is 2.26. The quantitative estimate of drug-likeness (QED) is 0.748. The summed E-state index contributed by atoms with van der Waals surface area (Å²) in [6, 6.07) is 8.01. The summed E-state index contributed by atoms with van der Waals surface area (Å²) >= 11 is 6.77. The van der Waals surface area contributed by atoms with E-state index in [4.69, 9.17) is 21.1 Å². The molecule has 2 aromatic rings. The lowest BCUT2D eigenvalue weighted by molar-refractivity contribution is -0.137. The Kier molecular flexibility index (Phi) is 6.01. The number of carbonyl (C=O) groups excluding carboxylic acids is 1. The molecule has 1 aliphatic heterocycles. The van der Waals surface area contributed by atoms with Crippen LogP contribution in [0.2, 0.25) is 5.02 Å². The molecule has 1 aliphatic rings. The molecule has 5 nitrogen and oxygen atoms in total. The largest absolute Gasteiger partial charge is 0.486 e. The van der Waals surface area contributed by atoms with Gasteiger partial charge in [0.15, 0.2) is 11.5 Å². The highest BCUT2D eigenvalue weighted by Gasteiger charge is 2.31. The summed E-state index contributed by atoms with van der Waals surface area (Å²) in [5, 5.41) is 2.70. The topological polar surface area (TPSA) is 60.5 Å². The Balaban J connectivity index is 1.47. The van der Waals surface area contributed by atoms with Crippen molar-refractivity contribution in [1.82, 2.24) is 10.3 Å². The Labute approximate surface area is 162 Å². The predicted octanol–water partition coefficient (Wildman–Crippen LogP) is 3.80. The van der Waals surface area contributed by atoms with Crippen LogP contribution < -0.4 is 14.8 Å². The zero-order chi connectivity index (χ0) is 19.4. The summed E-state index contributed by atoms with van der Waals surface area (Å²) in [4.78, 5) is 15.6. The molecule has 2 heterocycles. The zero-order valence-electron chi connectivity index (χ0n) is 13.8. The maximum absolute atomic E-state index is 12.6. The van der Waals surface area contributed by atoms with Gasteiger partial charge in [-0.15, -0.1) is 0 Å². The Morgan fingerprint density at radius 3 is 2.78 bits per heavy atom. The third-order valence-corrected chi connectivity index (χ3v) is 4.97. The molecule has 0 unspecified atom stereocenters. The molecule has 27 heavy (non-hydrogen) atoms. The van der Waals surface area contributed by atoms with Crippen LogP contribution in [0.1, 0.15) is 5.56 Å². The molecule has 0 bridgehead atoms. The van der Waals surface area contributed by atoms with Crippen LogP contribution in [0.4, 0.5) is 13.2 Å². The third kappa shape index (κ3) is 5.20. The first-order valence-electron chi connectivity index (χ1n) is 7.83. The minimum atomic E-state index is -4.52. The van der Waals surface area contributed by atoms with Crippen LogP contribution in [-0.4, -0.2) is 35.9 Å². The number of hydrogen-bond donors (Lipinski definition) is 1. The first-order valence-corrected chi connectivity index (χ1v) is 9.20. The standard InChI is InChI=1S/C17H14ClF3N2O3S/c18-12-5-10(17(19,20)21)6-23-16(12)27-9-15(24)22-7-11-8-25-13-3-1-2-4-14(13)26-11/h1-6,11H,7-9H2,(H,22,24)/t11-/m0/s1. The number of hydrogen-bond acceptors (Lipinski definition) is 5. The van der Waals surface area contributed by atoms with Gasteiger partial charge < -0.3 is 14.8 Å². The SMILES string of the molecule is O=C(CSc1ncc(C(F)(F)F)cc1Cl)NC[C@H]1COc2ccccc2O1. The Hall–Kier alpha value is -2.13. The van der Waals surface area contributed by atoms with Gasteiger partial charge in [-0.05, 0) is 18.2 Å². The average molecular weight is 419 g/mol. The normalized spacial score (nSPS) is 16.1. The van der Waals surface area contributed by atoms with Crippen LogP contribution in [0.15, 0.2) is 41.6 Å². The molecule has 0 aliphatic carbocycles. The van der Waals surface area contributed by atoms with Gasteiger partial charge in [0, 0.05) is 6.20 Å². The number of pyridine rings is 1. The summed E-state index contributed by atoms with van der Waals surface area (Å²) in [5.74, 6) is 0.902. The molecule has 0 fully saturated rings. The Bertz CT molecular complexity index is 835. The number of nitrogens with zero attached hydrogens (tertiary/aromatic N) is 1. The number of amides is 1. The molecule has 1 atom stereocenters. The molecular formula is C17H14ClF3N2O3S. The monoisotopic (exact) mass is 418 g/mol. The maximum Gasteiger partial charge on any atom is 0.417 e. The molecular weight excluding hydrogens is 405 g/mol. The van der Waals surface area contributed by atoms with Crippen LogP contribution in [0, 0.1) is 0 Å². The molecule has 0 spiro atoms. The van der Waals surface area contributed by atoms with Crippen molar-refractivity contribution in [3.8, 4) is 11.5 Å². The van der Waals surface area contributed by atoms with E-state index in [1.807, 2.05) is 12.1 Å². The summed E-state index contributed by atoms with van der Waals surface area (Å²) in [6.45, 7) is 0.540. The number of para-hydroxylation sites is 2. The number of carbonyl (C=O) groups is 1. The van der Waals surface area contributed by atoms with Gasteiger partial charge in [0.25, 0.3) is 0 Å². The van der Waals surface area contributed by atoms with Crippen molar-refractivity contribution in [3.05, 3.63) is 47.1 Å². The second kappa shape index (κ2) is 8.26. The predicted molar refractivity (Wildman–Crippen MR) is 94.3 cm³/mol. The van der Waals surface area contributed by atoms with Gasteiger partial charge in [-0.1, -0.05) is 35.5 Å². The number of nitrogens with one attached hydrogen (secondary N) is 1. The molecule has 10 heteroatoms. The summed E-state index contributed by atoms with van der Waals surface area (Å²) in [5.41, 5.74) is -0.934. The third-order valence-electron chi connectivity index (χ3n) is 3.57. The van der Waals surface area contributed by atoms with Crippen molar-refractivity contribution in [2.75, 3.05) is 18.9 Å². The van der Waals surface area contributed by atoms with Gasteiger partial charge in [0.2, 0.25) is 5.91 Å². The fraction of sp³-hybridized carbons (Fsp3) is 0.294. The number of benzene rings is 1. The highest BCUT2D eigenvalue weighted by atomic mass is 35.5. The summed E-state index contributed by atoms with van der Waals surface area (Å²) in [6.07, 6.45) is -4.16. The second-order valence-corrected chi connectivity index (χ2v) is 6.97. The molecule has 144 valence electrons. The second-order valence-electron chi connectivity index (χ2n) is 5.60. The van der Waals surface area contributed by atoms with Crippen LogP contribution in [-0.2, 0) is 11.0 Å². The van der Waals surface area contributed by atoms with Gasteiger partial charge in [0.05, 0.1) is 22.9 Å². The van der Waals surface area contributed by atoms with Crippen molar-refractivity contribution in [1.29, 1.82) is 0 Å². The van der Waals surface area contributed by atoms with Crippen molar-refractivity contribution in [2.24, 2.45) is 0 Å². The van der Waals surface area contributed by atoms with Gasteiger partial charge in [-0.2, -0.15) is 13.2 Å². The van der Waals surface area contributed by atoms with Crippen molar-refractivity contribution >= 4 is 29.3 Å². The molecule has 1 N–H and O–H groups in total. The highest BCUT2D eigenvalue weighted by Crippen LogP contribution is 2.33. The number of ether oxygens (including phenoxy) is 2. The Morgan fingerprint density at radius 2 is 2.07 bits per heavy atom. The first kappa shape index (κ1) is 19.6. The van der Waals surface area contributed by atoms with Gasteiger partial charge in [0.1, 0.15) is 17.7 Å². The van der Waals surface area contributed by atoms with E-state index in [-0.39, 0.29) is 34.4 Å². The molecule has 1 aromatic carbocycles. The van der Waals surface area contributed by atoms with E-state index in [2.05, 4.69) is 10.3 Å². The smallest absolute Gasteiger partial charge is 0.417 e. The molecule has 0 saturated carbocycles. The summed E-state index contributed by atoms with van der Waals surface area (Å²) in [7, 11) is 0. The van der Waals surface area contributed by atoms with Crippen LogP contribution in [0.3, 0.4) is 0 Å². The van der Waals surface area contributed by atoms with Crippen molar-refractivity contribution < 1.29 is 27.4 Å². The maximum atomic E-state index is 12.6. The molecule has 1 aromatic heterocycles. The van der Waals surface area contributed by atoms with Crippen molar-refractivity contribution in [3.63, 3.8) is 0 Å². The van der Waals surface area contributed by atoms with E-state index in [9.17, 15) is 18.0 Å². The highest BCUT2D eigenvalue weighted by molar-refractivity contribution is 8.00. The Morgan fingerprint density at radius 1 is 1.33 bits per heavy atom. The lowest BCUT2D eigenvalue weighted by atomic mass is 10.2. The van der Waals surface area contributed by atoms with Crippen LogP contribution >= 0.6 is 23.4 Å². The van der Waals surface area contributed by atoms with E-state index >= 15 is 0 Å². The average Bonchev–Trinajstić information content (AvgIpc) is 2.64. The summed E-state index contributed by atoms with van der Waals surface area (Å²) < 4.78 is 49.0. The fourth-order valence-corrected chi connectivity index (χ4v) is 3.29. The van der Waals surface area contributed by atoms with E-state index in [1.54, 1.807) is 12.1 Å². The van der Waals surface area contributed by atoms with Crippen molar-refractivity contribution in [2.45, 2.75) is 17.3 Å². The number of rotatable bonds is 5. The van der Waals surface area contributed by atoms with Gasteiger partial charge >= 0.3 is 6.18 Å². The van der Waals surface area contributed by atoms with E-state index in [1.165, 1.54) is 0 Å². The number of fused-ring (bicyclic) bond motifs is 1. The minimum absolute atomic E-state index is 0.0394. The van der Waals surface area contributed by atoms with Gasteiger partial charge in [-0.3, -0.25) is 4.79 Å². The van der Waals surface area contributed by atoms with Crippen LogP contribution in [0.5, 0.6) is 11.5 Å². The number of halogens is 4. The van der Waals surface area contributed by atoms with E-state index in [0.717, 1.165) is 17.8 Å². The first-order chi connectivity index (χ1) is 12.8. The number of alkyl halides is 3. The number of aromatic nitrogens is 1.